The van der Waals surface area contributed by atoms with Crippen LogP contribution >= 0.6 is 43.6 Å². The molecule has 0 aromatic heterocycles. The smallest absolute Gasteiger partial charge is 0.227 e. The number of allylic oxidation sites excluding steroid dienone is 2. The van der Waals surface area contributed by atoms with Crippen LogP contribution in [0, 0.1) is 27.1 Å². The average molecular weight is 1330 g/mol. The molecule has 6 saturated heterocycles. The van der Waals surface area contributed by atoms with Crippen LogP contribution in [0.15, 0.2) is 12.2 Å². The molecule has 0 bridgehead atoms. The fourth-order valence-corrected chi connectivity index (χ4v) is 14.0. The molecule has 5 unspecified atom stereocenters. The van der Waals surface area contributed by atoms with E-state index in [2.05, 4.69) is 70.6 Å². The highest BCUT2D eigenvalue weighted by Gasteiger charge is 2.50. The summed E-state index contributed by atoms with van der Waals surface area (Å²) in [6, 6.07) is 0.552. The van der Waals surface area contributed by atoms with Gasteiger partial charge in [-0.25, -0.2) is 0 Å². The van der Waals surface area contributed by atoms with Crippen molar-refractivity contribution in [2.45, 2.75) is 201 Å². The number of aliphatic hydroxyl groups is 2. The molecule has 0 aromatic carbocycles. The zero-order chi connectivity index (χ0) is 53.3. The van der Waals surface area contributed by atoms with Gasteiger partial charge in [0.05, 0.1) is 90.3 Å². The number of hydrogen-bond acceptors (Lipinski definition) is 15. The highest BCUT2D eigenvalue weighted by molar-refractivity contribution is 9.09. The fraction of sp³-hybridized carbons (Fsp3) is 0.850. The summed E-state index contributed by atoms with van der Waals surface area (Å²) in [4.78, 5) is 80.0. The number of amides is 5. The maximum atomic E-state index is 12.0. The van der Waals surface area contributed by atoms with Crippen molar-refractivity contribution in [2.24, 2.45) is 27.1 Å². The second kappa shape index (κ2) is 48.6. The van der Waals surface area contributed by atoms with E-state index < -0.39 is 10.8 Å². The van der Waals surface area contributed by atoms with Gasteiger partial charge in [-0.1, -0.05) is 118 Å². The first-order valence-corrected chi connectivity index (χ1v) is 28.4. The van der Waals surface area contributed by atoms with Crippen LogP contribution in [-0.2, 0) is 57.2 Å². The van der Waals surface area contributed by atoms with E-state index in [-0.39, 0.29) is 176 Å². The molecule has 6 heterocycles. The normalized spacial score (nSPS) is 23.1. The van der Waals surface area contributed by atoms with Crippen LogP contribution in [0.2, 0.25) is 0 Å². The van der Waals surface area contributed by atoms with Crippen LogP contribution in [0.3, 0.4) is 0 Å². The Hall–Kier alpha value is -2.54. The van der Waals surface area contributed by atoms with E-state index >= 15 is 0 Å². The molecule has 7 aliphatic rings. The first-order valence-electron chi connectivity index (χ1n) is 25.0. The Labute approximate surface area is 521 Å². The molecule has 0 saturated carbocycles. The number of halogens is 2. The van der Waals surface area contributed by atoms with Gasteiger partial charge >= 0.3 is 0 Å². The summed E-state index contributed by atoms with van der Waals surface area (Å²) in [6.45, 7) is 2.71. The number of thioether (sulfide) groups is 1. The largest absolute Gasteiger partial charge is 0.396 e. The van der Waals surface area contributed by atoms with Crippen molar-refractivity contribution in [3.63, 3.8) is 0 Å². The summed E-state index contributed by atoms with van der Waals surface area (Å²) in [6.07, 6.45) is 16.2. The molecule has 2 spiro atoms. The number of methoxy groups -OCH3 is 5. The van der Waals surface area contributed by atoms with E-state index in [0.29, 0.717) is 71.3 Å². The zero-order valence-corrected chi connectivity index (χ0v) is 47.0. The quantitative estimate of drug-likeness (QED) is 0.0302. The molecule has 5 amide bonds. The van der Waals surface area contributed by atoms with Gasteiger partial charge in [0, 0.05) is 72.3 Å². The Bertz CT molecular complexity index is 1690. The van der Waals surface area contributed by atoms with Crippen LogP contribution in [0.5, 0.6) is 0 Å². The van der Waals surface area contributed by atoms with E-state index in [0.717, 1.165) is 80.0 Å². The van der Waals surface area contributed by atoms with Gasteiger partial charge in [-0.2, -0.15) is 11.8 Å². The molecule has 22 heteroatoms. The SMILES string of the molecule is C.C.C.C.C.C.C.C.C.C.COCC1CC(CC=O)(CC=O)C(=O)N1.COCC1CC(CCBr)(CCBr)C(=O)N1.COCC1CC(CCO)(CCO)C(=O)N1.COCC1CC2(CC=CC2)C(=O)N1.COCC1CC2(CCSCC2)C(=O)N1. The maximum Gasteiger partial charge on any atom is 0.227 e. The Morgan fingerprint density at radius 1 is 0.463 bits per heavy atom. The Kier molecular flexibility index (Phi) is 56.7. The highest BCUT2D eigenvalue weighted by Crippen LogP contribution is 2.44. The van der Waals surface area contributed by atoms with E-state index in [1.54, 1.807) is 35.5 Å². The molecule has 0 radical (unpaired) electrons. The molecular weight excluding hydrogens is 1210 g/mol. The highest BCUT2D eigenvalue weighted by atomic mass is 79.9. The summed E-state index contributed by atoms with van der Waals surface area (Å²) in [5.41, 5.74) is -1.81. The van der Waals surface area contributed by atoms with Gasteiger partial charge in [-0.05, 0) is 95.0 Å². The Morgan fingerprint density at radius 2 is 0.744 bits per heavy atom. The lowest BCUT2D eigenvalue weighted by molar-refractivity contribution is -0.132. The van der Waals surface area contributed by atoms with Crippen molar-refractivity contribution < 1.29 is 67.5 Å². The zero-order valence-electron chi connectivity index (χ0n) is 43.0. The van der Waals surface area contributed by atoms with Crippen LogP contribution < -0.4 is 26.6 Å². The van der Waals surface area contributed by atoms with E-state index in [1.165, 1.54) is 0 Å². The third kappa shape index (κ3) is 26.6. The average Bonchev–Trinajstić information content (AvgIpc) is 4.19. The molecule has 0 aromatic rings. The second-order valence-corrected chi connectivity index (χ2v) is 22.9. The lowest BCUT2D eigenvalue weighted by Gasteiger charge is -2.29. The first-order chi connectivity index (χ1) is 34.6. The van der Waals surface area contributed by atoms with Crippen LogP contribution in [0.1, 0.15) is 171 Å². The summed E-state index contributed by atoms with van der Waals surface area (Å²) in [5, 5.41) is 34.3. The standard InChI is InChI=1S/C10H17Br2NO2.C10H19NO4.C10H15NO4.C10H17NO2S.C10H15NO2.10CH4/c1-15-7-8-6-10(2-4-11,3-5-12)9(14)13-8;2*1-15-7-8-6-10(2-4-12,3-5-13)9(14)11-8;1-13-7-8-6-10(9(12)11-8)2-4-14-5-3-10;1-13-7-8-6-10(9(12)11-8)4-2-3-5-10;;;;;;;;;;/h8H,2-7H2,1H3,(H,13,14);8,12-13H,2-7H2,1H3,(H,11,14);4-5,8H,2-3,6-7H2,1H3,(H,11,14);8H,2-7H2,1H3,(H,11,12);2-3,8H,4-7H2,1H3,(H,11,12);10*1H4. The van der Waals surface area contributed by atoms with Crippen LogP contribution in [0.25, 0.3) is 0 Å². The molecule has 19 nitrogen and oxygen atoms in total. The second-order valence-electron chi connectivity index (χ2n) is 20.1. The molecule has 5 atom stereocenters. The van der Waals surface area contributed by atoms with Gasteiger partial charge in [0.25, 0.3) is 0 Å². The van der Waals surface area contributed by atoms with E-state index in [1.807, 2.05) is 11.8 Å². The minimum atomic E-state index is -0.841. The summed E-state index contributed by atoms with van der Waals surface area (Å²) in [7, 11) is 8.16. The fourth-order valence-electron chi connectivity index (χ4n) is 11.2. The van der Waals surface area contributed by atoms with Crippen molar-refractivity contribution in [1.82, 2.24) is 26.6 Å². The maximum absolute atomic E-state index is 12.0. The predicted molar refractivity (Wildman–Crippen MR) is 348 cm³/mol. The molecule has 82 heavy (non-hydrogen) atoms. The molecule has 7 rings (SSSR count). The van der Waals surface area contributed by atoms with Gasteiger partial charge in [0.15, 0.2) is 0 Å². The molecule has 7 N–H and O–H groups in total. The Morgan fingerprint density at radius 3 is 1.06 bits per heavy atom. The van der Waals surface area contributed by atoms with Crippen molar-refractivity contribution in [2.75, 3.05) is 104 Å². The number of carbonyl (C=O) groups is 7. The van der Waals surface area contributed by atoms with Crippen molar-refractivity contribution >= 4 is 85.7 Å². The van der Waals surface area contributed by atoms with E-state index in [9.17, 15) is 33.6 Å². The first kappa shape index (κ1) is 95.8. The number of aldehydes is 2. The van der Waals surface area contributed by atoms with Crippen LogP contribution in [-0.4, -0.2) is 186 Å². The third-order valence-electron chi connectivity index (χ3n) is 15.0. The monoisotopic (exact) mass is 1330 g/mol. The van der Waals surface area contributed by atoms with Crippen molar-refractivity contribution in [1.29, 1.82) is 0 Å². The molecule has 6 aliphatic heterocycles. The van der Waals surface area contributed by atoms with Crippen molar-refractivity contribution in [3.05, 3.63) is 12.2 Å². The number of hydrogen-bond donors (Lipinski definition) is 7. The number of ether oxygens (including phenoxy) is 5. The summed E-state index contributed by atoms with van der Waals surface area (Å²) in [5.74, 6) is 2.62. The molecule has 492 valence electrons. The Balaban J connectivity index is -0.000000135. The topological polar surface area (TPSA) is 266 Å². The lowest BCUT2D eigenvalue weighted by Crippen LogP contribution is -2.35. The molecule has 1 aliphatic carbocycles. The predicted octanol–water partition coefficient (Wildman–Crippen LogP) is 9.29. The number of aliphatic hydroxyl groups excluding tert-OH is 2. The molecule has 6 fully saturated rings. The van der Waals surface area contributed by atoms with Gasteiger partial charge < -0.3 is 70.1 Å². The van der Waals surface area contributed by atoms with Crippen molar-refractivity contribution in [3.8, 4) is 0 Å². The number of carbonyl (C=O) groups excluding carboxylic acids is 7. The third-order valence-corrected chi connectivity index (χ3v) is 16.8. The van der Waals surface area contributed by atoms with E-state index in [4.69, 9.17) is 33.9 Å². The van der Waals surface area contributed by atoms with Gasteiger partial charge in [-0.15, -0.1) is 0 Å². The van der Waals surface area contributed by atoms with Crippen LogP contribution in [0.4, 0.5) is 0 Å². The minimum absolute atomic E-state index is 0. The number of nitrogens with one attached hydrogen (secondary N) is 5. The number of rotatable bonds is 22. The van der Waals surface area contributed by atoms with Gasteiger partial charge in [-0.3, -0.25) is 24.0 Å². The summed E-state index contributed by atoms with van der Waals surface area (Å²) >= 11 is 8.81. The van der Waals surface area contributed by atoms with Gasteiger partial charge in [0.1, 0.15) is 12.6 Å². The minimum Gasteiger partial charge on any atom is -0.396 e. The molecular formula is C60H123Br2N5O14S. The lowest BCUT2D eigenvalue weighted by atomic mass is 9.79. The number of alkyl halides is 2. The van der Waals surface area contributed by atoms with Gasteiger partial charge in [0.2, 0.25) is 29.5 Å². The summed E-state index contributed by atoms with van der Waals surface area (Å²) < 4.78 is 25.1.